The van der Waals surface area contributed by atoms with E-state index < -0.39 is 5.60 Å². The first-order chi connectivity index (χ1) is 10.4. The maximum Gasteiger partial charge on any atom is 0.410 e. The van der Waals surface area contributed by atoms with Crippen molar-refractivity contribution in [1.82, 2.24) is 20.1 Å². The number of aromatic amines is 1. The van der Waals surface area contributed by atoms with Gasteiger partial charge in [0.1, 0.15) is 5.60 Å². The van der Waals surface area contributed by atoms with Crippen molar-refractivity contribution in [1.29, 1.82) is 0 Å². The molecule has 0 spiro atoms. The number of fused-ring (bicyclic) bond motifs is 1. The number of carbonyl (C=O) groups excluding carboxylic acids is 1. The Bertz CT molecular complexity index is 668. The maximum absolute atomic E-state index is 12.1. The molecule has 1 aliphatic heterocycles. The molecule has 0 saturated carbocycles. The average molecular weight is 303 g/mol. The molecule has 1 aliphatic rings. The van der Waals surface area contributed by atoms with Crippen LogP contribution in [0.5, 0.6) is 0 Å². The number of H-pyrrole nitrogens is 1. The van der Waals surface area contributed by atoms with Crippen LogP contribution in [0.15, 0.2) is 18.6 Å². The molecule has 0 bridgehead atoms. The molecule has 1 saturated heterocycles. The van der Waals surface area contributed by atoms with E-state index in [0.717, 1.165) is 29.7 Å². The molecule has 1 N–H and O–H groups in total. The van der Waals surface area contributed by atoms with Crippen molar-refractivity contribution in [2.24, 2.45) is 0 Å². The number of anilines is 1. The topological polar surface area (TPSA) is 74.3 Å². The number of aromatic nitrogens is 3. The van der Waals surface area contributed by atoms with Crippen molar-refractivity contribution >= 4 is 22.7 Å². The lowest BCUT2D eigenvalue weighted by atomic mass is 10.2. The van der Waals surface area contributed by atoms with Gasteiger partial charge in [0.2, 0.25) is 0 Å². The van der Waals surface area contributed by atoms with Gasteiger partial charge in [-0.3, -0.25) is 10.1 Å². The third-order valence-corrected chi connectivity index (χ3v) is 3.62. The van der Waals surface area contributed by atoms with Gasteiger partial charge < -0.3 is 14.5 Å². The van der Waals surface area contributed by atoms with Gasteiger partial charge in [-0.1, -0.05) is 0 Å². The van der Waals surface area contributed by atoms with Crippen LogP contribution < -0.4 is 4.90 Å². The van der Waals surface area contributed by atoms with Crippen molar-refractivity contribution in [3.8, 4) is 0 Å². The zero-order chi connectivity index (χ0) is 15.7. The molecule has 2 aromatic heterocycles. The molecular weight excluding hydrogens is 282 g/mol. The van der Waals surface area contributed by atoms with E-state index in [9.17, 15) is 4.79 Å². The zero-order valence-corrected chi connectivity index (χ0v) is 13.2. The Kier molecular flexibility index (Phi) is 3.64. The summed E-state index contributed by atoms with van der Waals surface area (Å²) in [6.07, 6.45) is 5.18. The van der Waals surface area contributed by atoms with Gasteiger partial charge in [0.05, 0.1) is 29.8 Å². The van der Waals surface area contributed by atoms with Crippen molar-refractivity contribution in [3.63, 3.8) is 0 Å². The van der Waals surface area contributed by atoms with E-state index in [-0.39, 0.29) is 6.09 Å². The van der Waals surface area contributed by atoms with Crippen LogP contribution in [-0.4, -0.2) is 58.0 Å². The molecule has 0 radical (unpaired) electrons. The van der Waals surface area contributed by atoms with E-state index in [0.29, 0.717) is 13.1 Å². The highest BCUT2D eigenvalue weighted by atomic mass is 16.6. The summed E-state index contributed by atoms with van der Waals surface area (Å²) in [4.78, 5) is 20.3. The highest BCUT2D eigenvalue weighted by Crippen LogP contribution is 2.25. The number of hydrogen-bond donors (Lipinski definition) is 1. The van der Waals surface area contributed by atoms with E-state index in [4.69, 9.17) is 4.74 Å². The van der Waals surface area contributed by atoms with Crippen LogP contribution in [0, 0.1) is 0 Å². The van der Waals surface area contributed by atoms with Crippen LogP contribution in [-0.2, 0) is 4.74 Å². The lowest BCUT2D eigenvalue weighted by Crippen LogP contribution is -2.50. The quantitative estimate of drug-likeness (QED) is 0.872. The molecule has 0 atom stereocenters. The lowest BCUT2D eigenvalue weighted by Gasteiger charge is -2.36. The molecule has 1 fully saturated rings. The van der Waals surface area contributed by atoms with Crippen LogP contribution in [0.4, 0.5) is 10.5 Å². The van der Waals surface area contributed by atoms with E-state index in [1.807, 2.05) is 33.2 Å². The number of ether oxygens (including phenoxy) is 1. The van der Waals surface area contributed by atoms with Crippen LogP contribution in [0.1, 0.15) is 20.8 Å². The Morgan fingerprint density at radius 1 is 1.18 bits per heavy atom. The van der Waals surface area contributed by atoms with Gasteiger partial charge >= 0.3 is 6.09 Å². The second-order valence-electron chi connectivity index (χ2n) is 6.44. The first-order valence-electron chi connectivity index (χ1n) is 7.44. The van der Waals surface area contributed by atoms with Crippen LogP contribution in [0.3, 0.4) is 0 Å². The number of pyridine rings is 1. The Hall–Kier alpha value is -2.31. The summed E-state index contributed by atoms with van der Waals surface area (Å²) in [6.45, 7) is 8.44. The van der Waals surface area contributed by atoms with Gasteiger partial charge in [0.15, 0.2) is 0 Å². The smallest absolute Gasteiger partial charge is 0.410 e. The van der Waals surface area contributed by atoms with Crippen molar-refractivity contribution < 1.29 is 9.53 Å². The average Bonchev–Trinajstić information content (AvgIpc) is 2.94. The molecule has 3 heterocycles. The SMILES string of the molecule is CC(C)(C)OC(=O)N1CCN(c2cncc3[nH]ncc23)CC1. The van der Waals surface area contributed by atoms with E-state index in [1.54, 1.807) is 11.1 Å². The maximum atomic E-state index is 12.1. The van der Waals surface area contributed by atoms with E-state index in [1.165, 1.54) is 0 Å². The fourth-order valence-electron chi connectivity index (χ4n) is 2.56. The second-order valence-corrected chi connectivity index (χ2v) is 6.44. The van der Waals surface area contributed by atoms with Gasteiger partial charge in [-0.2, -0.15) is 5.10 Å². The summed E-state index contributed by atoms with van der Waals surface area (Å²) in [5.74, 6) is 0. The highest BCUT2D eigenvalue weighted by molar-refractivity contribution is 5.90. The molecule has 22 heavy (non-hydrogen) atoms. The fourth-order valence-corrected chi connectivity index (χ4v) is 2.56. The Morgan fingerprint density at radius 2 is 1.91 bits per heavy atom. The van der Waals surface area contributed by atoms with Gasteiger partial charge in [0, 0.05) is 31.6 Å². The molecule has 0 unspecified atom stereocenters. The minimum Gasteiger partial charge on any atom is -0.444 e. The summed E-state index contributed by atoms with van der Waals surface area (Å²) in [5.41, 5.74) is 1.52. The van der Waals surface area contributed by atoms with Gasteiger partial charge in [0.25, 0.3) is 0 Å². The summed E-state index contributed by atoms with van der Waals surface area (Å²) in [5, 5.41) is 8.05. The number of amides is 1. The van der Waals surface area contributed by atoms with Crippen molar-refractivity contribution in [3.05, 3.63) is 18.6 Å². The Morgan fingerprint density at radius 3 is 2.59 bits per heavy atom. The molecule has 1 amide bonds. The molecule has 0 aliphatic carbocycles. The summed E-state index contributed by atoms with van der Waals surface area (Å²) >= 11 is 0. The highest BCUT2D eigenvalue weighted by Gasteiger charge is 2.26. The van der Waals surface area contributed by atoms with Gasteiger partial charge in [-0.15, -0.1) is 0 Å². The lowest BCUT2D eigenvalue weighted by molar-refractivity contribution is 0.0240. The number of piperazine rings is 1. The summed E-state index contributed by atoms with van der Waals surface area (Å²) < 4.78 is 5.42. The predicted octanol–water partition coefficient (Wildman–Crippen LogP) is 2.01. The van der Waals surface area contributed by atoms with Gasteiger partial charge in [-0.25, -0.2) is 4.79 Å². The molecule has 0 aromatic carbocycles. The third kappa shape index (κ3) is 2.98. The van der Waals surface area contributed by atoms with Crippen molar-refractivity contribution in [2.45, 2.75) is 26.4 Å². The Balaban J connectivity index is 1.67. The summed E-state index contributed by atoms with van der Waals surface area (Å²) in [6, 6.07) is 0. The first-order valence-corrected chi connectivity index (χ1v) is 7.44. The Labute approximate surface area is 129 Å². The van der Waals surface area contributed by atoms with Gasteiger partial charge in [-0.05, 0) is 20.8 Å². The molecule has 3 rings (SSSR count). The fraction of sp³-hybridized carbons (Fsp3) is 0.533. The molecule has 2 aromatic rings. The van der Waals surface area contributed by atoms with E-state index >= 15 is 0 Å². The molecular formula is C15H21N5O2. The number of nitrogens with one attached hydrogen (secondary N) is 1. The first kappa shape index (κ1) is 14.6. The number of hydrogen-bond acceptors (Lipinski definition) is 5. The summed E-state index contributed by atoms with van der Waals surface area (Å²) in [7, 11) is 0. The monoisotopic (exact) mass is 303 g/mol. The molecule has 7 nitrogen and oxygen atoms in total. The molecule has 118 valence electrons. The minimum atomic E-state index is -0.458. The standard InChI is InChI=1S/C15H21N5O2/c1-15(2,3)22-14(21)20-6-4-19(5-7-20)13-10-16-9-12-11(13)8-17-18-12/h8-10H,4-7H2,1-3H3,(H,17,18). The zero-order valence-electron chi connectivity index (χ0n) is 13.2. The van der Waals surface area contributed by atoms with E-state index in [2.05, 4.69) is 20.1 Å². The molecule has 7 heteroatoms. The largest absolute Gasteiger partial charge is 0.444 e. The van der Waals surface area contributed by atoms with Crippen molar-refractivity contribution in [2.75, 3.05) is 31.1 Å². The minimum absolute atomic E-state index is 0.244. The van der Waals surface area contributed by atoms with Crippen LogP contribution in [0.25, 0.3) is 10.9 Å². The predicted molar refractivity (Wildman–Crippen MR) is 83.9 cm³/mol. The van der Waals surface area contributed by atoms with Crippen LogP contribution >= 0.6 is 0 Å². The normalized spacial score (nSPS) is 16.1. The number of nitrogens with zero attached hydrogens (tertiary/aromatic N) is 4. The number of rotatable bonds is 1. The third-order valence-electron chi connectivity index (χ3n) is 3.62. The second kappa shape index (κ2) is 5.47. The number of carbonyl (C=O) groups is 1. The van der Waals surface area contributed by atoms with Crippen LogP contribution in [0.2, 0.25) is 0 Å².